The standard InChI is InChI=1S/C16H20/c1-13(15-9-5-3-6-10-15)14(2)16-11-7-4-8-12-16/h3-11,13-14,16H,12H2,1-2H3/t13-,14-,16?/m1/s1. The third-order valence-corrected chi connectivity index (χ3v) is 3.80. The highest BCUT2D eigenvalue weighted by Crippen LogP contribution is 2.33. The molecule has 84 valence electrons. The lowest BCUT2D eigenvalue weighted by Gasteiger charge is -2.27. The first-order chi connectivity index (χ1) is 7.79. The van der Waals surface area contributed by atoms with Gasteiger partial charge < -0.3 is 0 Å². The Bertz CT molecular complexity index is 372. The minimum Gasteiger partial charge on any atom is -0.0840 e. The summed E-state index contributed by atoms with van der Waals surface area (Å²) < 4.78 is 0. The van der Waals surface area contributed by atoms with E-state index < -0.39 is 0 Å². The zero-order valence-electron chi connectivity index (χ0n) is 10.1. The molecule has 0 amide bonds. The third kappa shape index (κ3) is 2.44. The molecule has 0 heterocycles. The van der Waals surface area contributed by atoms with Crippen molar-refractivity contribution in [3.8, 4) is 0 Å². The monoisotopic (exact) mass is 212 g/mol. The van der Waals surface area contributed by atoms with Gasteiger partial charge in [0.25, 0.3) is 0 Å². The molecular formula is C16H20. The lowest BCUT2D eigenvalue weighted by Crippen LogP contribution is -2.16. The summed E-state index contributed by atoms with van der Waals surface area (Å²) in [6.07, 6.45) is 10.1. The van der Waals surface area contributed by atoms with E-state index in [1.165, 1.54) is 12.0 Å². The molecule has 2 rings (SSSR count). The molecule has 1 aromatic rings. The zero-order valence-corrected chi connectivity index (χ0v) is 10.1. The Hall–Kier alpha value is -1.30. The van der Waals surface area contributed by atoms with Gasteiger partial charge in [0.2, 0.25) is 0 Å². The Morgan fingerprint density at radius 2 is 1.81 bits per heavy atom. The largest absolute Gasteiger partial charge is 0.0840 e. The molecule has 0 fully saturated rings. The zero-order chi connectivity index (χ0) is 11.4. The van der Waals surface area contributed by atoms with Crippen LogP contribution < -0.4 is 0 Å². The van der Waals surface area contributed by atoms with Crippen molar-refractivity contribution in [1.29, 1.82) is 0 Å². The minimum absolute atomic E-state index is 0.627. The Morgan fingerprint density at radius 1 is 1.06 bits per heavy atom. The van der Waals surface area contributed by atoms with Crippen LogP contribution in [0.5, 0.6) is 0 Å². The number of rotatable bonds is 3. The Morgan fingerprint density at radius 3 is 2.44 bits per heavy atom. The Balaban J connectivity index is 2.07. The molecule has 0 heteroatoms. The maximum Gasteiger partial charge on any atom is -0.0159 e. The van der Waals surface area contributed by atoms with Crippen LogP contribution in [-0.4, -0.2) is 0 Å². The van der Waals surface area contributed by atoms with Gasteiger partial charge in [0.15, 0.2) is 0 Å². The van der Waals surface area contributed by atoms with Gasteiger partial charge in [-0.25, -0.2) is 0 Å². The maximum atomic E-state index is 2.37. The smallest absolute Gasteiger partial charge is 0.0159 e. The van der Waals surface area contributed by atoms with Crippen molar-refractivity contribution in [2.24, 2.45) is 11.8 Å². The lowest BCUT2D eigenvalue weighted by atomic mass is 9.77. The van der Waals surface area contributed by atoms with Crippen molar-refractivity contribution < 1.29 is 0 Å². The van der Waals surface area contributed by atoms with E-state index in [1.807, 2.05) is 0 Å². The SMILES string of the molecule is C[C@@H](c1ccccc1)[C@@H](C)C1C=CC=CC1. The molecular weight excluding hydrogens is 192 g/mol. The van der Waals surface area contributed by atoms with Gasteiger partial charge in [-0.2, -0.15) is 0 Å². The molecule has 1 aromatic carbocycles. The molecule has 0 radical (unpaired) electrons. The number of benzene rings is 1. The second-order valence-electron chi connectivity index (χ2n) is 4.77. The summed E-state index contributed by atoms with van der Waals surface area (Å²) in [5, 5.41) is 0. The van der Waals surface area contributed by atoms with Gasteiger partial charge in [-0.1, -0.05) is 68.5 Å². The third-order valence-electron chi connectivity index (χ3n) is 3.80. The van der Waals surface area contributed by atoms with E-state index in [1.54, 1.807) is 0 Å². The first-order valence-corrected chi connectivity index (χ1v) is 6.17. The van der Waals surface area contributed by atoms with Crippen molar-refractivity contribution >= 4 is 0 Å². The predicted octanol–water partition coefficient (Wildman–Crippen LogP) is 4.56. The highest BCUT2D eigenvalue weighted by atomic mass is 14.3. The summed E-state index contributed by atoms with van der Waals surface area (Å²) in [6.45, 7) is 4.71. The van der Waals surface area contributed by atoms with Crippen LogP contribution in [0.1, 0.15) is 31.7 Å². The number of hydrogen-bond donors (Lipinski definition) is 0. The fraction of sp³-hybridized carbons (Fsp3) is 0.375. The van der Waals surface area contributed by atoms with Crippen LogP contribution in [0, 0.1) is 11.8 Å². The van der Waals surface area contributed by atoms with Crippen molar-refractivity contribution in [3.05, 3.63) is 60.2 Å². The lowest BCUT2D eigenvalue weighted by molar-refractivity contribution is 0.372. The van der Waals surface area contributed by atoms with Crippen LogP contribution in [0.25, 0.3) is 0 Å². The highest BCUT2D eigenvalue weighted by Gasteiger charge is 2.21. The Labute approximate surface area is 98.7 Å². The fourth-order valence-corrected chi connectivity index (χ4v) is 2.42. The van der Waals surface area contributed by atoms with Crippen LogP contribution in [0.2, 0.25) is 0 Å². The minimum atomic E-state index is 0.627. The van der Waals surface area contributed by atoms with Gasteiger partial charge in [0.1, 0.15) is 0 Å². The first-order valence-electron chi connectivity index (χ1n) is 6.17. The summed E-state index contributed by atoms with van der Waals surface area (Å²) in [6, 6.07) is 10.8. The van der Waals surface area contributed by atoms with E-state index in [9.17, 15) is 0 Å². The van der Waals surface area contributed by atoms with E-state index >= 15 is 0 Å². The molecule has 0 saturated carbocycles. The van der Waals surface area contributed by atoms with Gasteiger partial charge in [-0.05, 0) is 29.7 Å². The highest BCUT2D eigenvalue weighted by molar-refractivity contribution is 5.21. The van der Waals surface area contributed by atoms with Crippen molar-refractivity contribution in [2.75, 3.05) is 0 Å². The van der Waals surface area contributed by atoms with E-state index in [0.29, 0.717) is 17.8 Å². The molecule has 0 saturated heterocycles. The van der Waals surface area contributed by atoms with Crippen LogP contribution in [0.4, 0.5) is 0 Å². The predicted molar refractivity (Wildman–Crippen MR) is 70.4 cm³/mol. The van der Waals surface area contributed by atoms with E-state index in [0.717, 1.165) is 0 Å². The quantitative estimate of drug-likeness (QED) is 0.689. The fourth-order valence-electron chi connectivity index (χ4n) is 2.42. The van der Waals surface area contributed by atoms with E-state index in [2.05, 4.69) is 68.5 Å². The van der Waals surface area contributed by atoms with Gasteiger partial charge in [-0.15, -0.1) is 0 Å². The summed E-state index contributed by atoms with van der Waals surface area (Å²) in [4.78, 5) is 0. The molecule has 0 aliphatic heterocycles. The molecule has 3 atom stereocenters. The average molecular weight is 212 g/mol. The number of allylic oxidation sites excluding steroid dienone is 4. The molecule has 0 N–H and O–H groups in total. The van der Waals surface area contributed by atoms with Crippen LogP contribution in [-0.2, 0) is 0 Å². The molecule has 1 aliphatic rings. The second kappa shape index (κ2) is 5.16. The first kappa shape index (κ1) is 11.2. The summed E-state index contributed by atoms with van der Waals surface area (Å²) in [5.74, 6) is 2.02. The molecule has 16 heavy (non-hydrogen) atoms. The van der Waals surface area contributed by atoms with Crippen LogP contribution in [0.15, 0.2) is 54.6 Å². The molecule has 0 spiro atoms. The molecule has 0 bridgehead atoms. The molecule has 1 aliphatic carbocycles. The Kier molecular flexibility index (Phi) is 3.61. The van der Waals surface area contributed by atoms with Gasteiger partial charge in [0.05, 0.1) is 0 Å². The molecule has 1 unspecified atom stereocenters. The maximum absolute atomic E-state index is 2.37. The summed E-state index contributed by atoms with van der Waals surface area (Å²) in [5.41, 5.74) is 1.46. The van der Waals surface area contributed by atoms with E-state index in [-0.39, 0.29) is 0 Å². The average Bonchev–Trinajstić information content (AvgIpc) is 2.39. The molecule has 0 nitrogen and oxygen atoms in total. The van der Waals surface area contributed by atoms with Crippen molar-refractivity contribution in [2.45, 2.75) is 26.2 Å². The molecule has 0 aromatic heterocycles. The van der Waals surface area contributed by atoms with Gasteiger partial charge >= 0.3 is 0 Å². The normalized spacial score (nSPS) is 23.0. The second-order valence-corrected chi connectivity index (χ2v) is 4.77. The van der Waals surface area contributed by atoms with Crippen molar-refractivity contribution in [1.82, 2.24) is 0 Å². The van der Waals surface area contributed by atoms with Gasteiger partial charge in [0, 0.05) is 0 Å². The van der Waals surface area contributed by atoms with Gasteiger partial charge in [-0.3, -0.25) is 0 Å². The summed E-state index contributed by atoms with van der Waals surface area (Å²) >= 11 is 0. The van der Waals surface area contributed by atoms with E-state index in [4.69, 9.17) is 0 Å². The van der Waals surface area contributed by atoms with Crippen molar-refractivity contribution in [3.63, 3.8) is 0 Å². The van der Waals surface area contributed by atoms with Crippen LogP contribution in [0.3, 0.4) is 0 Å². The van der Waals surface area contributed by atoms with Crippen LogP contribution >= 0.6 is 0 Å². The number of hydrogen-bond acceptors (Lipinski definition) is 0. The summed E-state index contributed by atoms with van der Waals surface area (Å²) in [7, 11) is 0. The topological polar surface area (TPSA) is 0 Å².